The zero-order chi connectivity index (χ0) is 16.2. The molecule has 0 saturated carbocycles. The second-order valence-corrected chi connectivity index (χ2v) is 6.00. The first-order valence-electron chi connectivity index (χ1n) is 7.55. The van der Waals surface area contributed by atoms with E-state index in [9.17, 15) is 0 Å². The lowest BCUT2D eigenvalue weighted by Gasteiger charge is -2.16. The van der Waals surface area contributed by atoms with E-state index in [0.717, 1.165) is 11.1 Å². The van der Waals surface area contributed by atoms with Crippen LogP contribution >= 0.6 is 0 Å². The smallest absolute Gasteiger partial charge is 0.256 e. The molecule has 3 aromatic rings. The van der Waals surface area contributed by atoms with Gasteiger partial charge >= 0.3 is 0 Å². The molecule has 0 atom stereocenters. The largest absolute Gasteiger partial charge is 0.300 e. The van der Waals surface area contributed by atoms with Crippen molar-refractivity contribution in [2.24, 2.45) is 0 Å². The van der Waals surface area contributed by atoms with Gasteiger partial charge in [-0.3, -0.25) is 4.98 Å². The molecule has 0 spiro atoms. The number of fused-ring (bicyclic) bond motifs is 3. The van der Waals surface area contributed by atoms with Crippen LogP contribution in [0, 0.1) is 13.8 Å². The van der Waals surface area contributed by atoms with Gasteiger partial charge in [-0.2, -0.15) is 8.78 Å². The van der Waals surface area contributed by atoms with Crippen molar-refractivity contribution >= 4 is 0 Å². The minimum Gasteiger partial charge on any atom is -0.256 e. The van der Waals surface area contributed by atoms with Crippen molar-refractivity contribution in [1.29, 1.82) is 0 Å². The molecule has 1 aliphatic rings. The van der Waals surface area contributed by atoms with Crippen LogP contribution in [-0.4, -0.2) is 4.98 Å². The molecule has 2 aromatic carbocycles. The molecule has 1 nitrogen and oxygen atoms in total. The van der Waals surface area contributed by atoms with Gasteiger partial charge in [0.15, 0.2) is 0 Å². The van der Waals surface area contributed by atoms with Crippen LogP contribution in [0.2, 0.25) is 0 Å². The zero-order valence-electron chi connectivity index (χ0n) is 12.9. The number of benzene rings is 2. The van der Waals surface area contributed by atoms with Gasteiger partial charge in [0, 0.05) is 22.9 Å². The highest BCUT2D eigenvalue weighted by Crippen LogP contribution is 2.53. The van der Waals surface area contributed by atoms with Crippen LogP contribution in [0.3, 0.4) is 0 Å². The maximum absolute atomic E-state index is 15.0. The van der Waals surface area contributed by atoms with Crippen LogP contribution in [0.15, 0.2) is 54.7 Å². The topological polar surface area (TPSA) is 12.9 Å². The summed E-state index contributed by atoms with van der Waals surface area (Å²) in [5, 5.41) is 0. The highest BCUT2D eigenvalue weighted by atomic mass is 19.3. The number of rotatable bonds is 1. The first-order chi connectivity index (χ1) is 11.0. The van der Waals surface area contributed by atoms with E-state index in [-0.39, 0.29) is 11.1 Å². The molecule has 4 rings (SSSR count). The van der Waals surface area contributed by atoms with E-state index >= 15 is 8.78 Å². The molecular weight excluding hydrogens is 292 g/mol. The van der Waals surface area contributed by atoms with Crippen molar-refractivity contribution in [3.8, 4) is 22.4 Å². The number of aromatic nitrogens is 1. The van der Waals surface area contributed by atoms with E-state index in [1.54, 1.807) is 36.5 Å². The van der Waals surface area contributed by atoms with Crippen LogP contribution < -0.4 is 0 Å². The Bertz CT molecular complexity index is 929. The van der Waals surface area contributed by atoms with Gasteiger partial charge in [-0.05, 0) is 42.2 Å². The van der Waals surface area contributed by atoms with Crippen LogP contribution in [0.5, 0.6) is 0 Å². The Morgan fingerprint density at radius 3 is 2.30 bits per heavy atom. The lowest BCUT2D eigenvalue weighted by molar-refractivity contribution is 0.0486. The first kappa shape index (κ1) is 14.1. The zero-order valence-corrected chi connectivity index (χ0v) is 12.9. The van der Waals surface area contributed by atoms with Gasteiger partial charge in [0.2, 0.25) is 0 Å². The average molecular weight is 307 g/mol. The summed E-state index contributed by atoms with van der Waals surface area (Å²) in [7, 11) is 0. The van der Waals surface area contributed by atoms with Gasteiger partial charge in [-0.15, -0.1) is 0 Å². The van der Waals surface area contributed by atoms with Crippen molar-refractivity contribution in [3.05, 3.63) is 77.0 Å². The molecule has 0 saturated heterocycles. The summed E-state index contributed by atoms with van der Waals surface area (Å²) < 4.78 is 30.1. The lowest BCUT2D eigenvalue weighted by atomic mass is 9.96. The molecule has 0 fully saturated rings. The van der Waals surface area contributed by atoms with Crippen LogP contribution in [0.4, 0.5) is 8.78 Å². The molecule has 23 heavy (non-hydrogen) atoms. The maximum Gasteiger partial charge on any atom is 0.300 e. The van der Waals surface area contributed by atoms with Crippen molar-refractivity contribution in [2.75, 3.05) is 0 Å². The van der Waals surface area contributed by atoms with Gasteiger partial charge in [-0.1, -0.05) is 42.5 Å². The summed E-state index contributed by atoms with van der Waals surface area (Å²) in [6.07, 6.45) is 1.74. The van der Waals surface area contributed by atoms with Crippen molar-refractivity contribution in [3.63, 3.8) is 0 Å². The molecule has 1 aromatic heterocycles. The Balaban J connectivity index is 2.02. The number of hydrogen-bond donors (Lipinski definition) is 0. The van der Waals surface area contributed by atoms with E-state index in [1.807, 2.05) is 26.0 Å². The molecule has 0 bridgehead atoms. The summed E-state index contributed by atoms with van der Waals surface area (Å²) in [6.45, 7) is 3.93. The van der Waals surface area contributed by atoms with Crippen molar-refractivity contribution in [2.45, 2.75) is 19.8 Å². The predicted octanol–water partition coefficient (Wildman–Crippen LogP) is 5.49. The third kappa shape index (κ3) is 1.93. The van der Waals surface area contributed by atoms with Gasteiger partial charge < -0.3 is 0 Å². The number of nitrogens with zero attached hydrogens (tertiary/aromatic N) is 1. The predicted molar refractivity (Wildman–Crippen MR) is 87.6 cm³/mol. The number of hydrogen-bond acceptors (Lipinski definition) is 1. The Morgan fingerprint density at radius 2 is 1.52 bits per heavy atom. The van der Waals surface area contributed by atoms with Gasteiger partial charge in [0.25, 0.3) is 5.92 Å². The van der Waals surface area contributed by atoms with Gasteiger partial charge in [0.05, 0.1) is 5.69 Å². The molecule has 1 aliphatic carbocycles. The van der Waals surface area contributed by atoms with E-state index < -0.39 is 5.92 Å². The maximum atomic E-state index is 15.0. The Kier molecular flexibility index (Phi) is 2.89. The highest BCUT2D eigenvalue weighted by Gasteiger charge is 2.46. The minimum absolute atomic E-state index is 0.0666. The summed E-state index contributed by atoms with van der Waals surface area (Å²) >= 11 is 0. The molecule has 0 unspecified atom stereocenters. The molecule has 0 aliphatic heterocycles. The average Bonchev–Trinajstić information content (AvgIpc) is 2.79. The molecule has 0 amide bonds. The van der Waals surface area contributed by atoms with Gasteiger partial charge in [0.1, 0.15) is 0 Å². The van der Waals surface area contributed by atoms with Gasteiger partial charge in [-0.25, -0.2) is 0 Å². The second-order valence-electron chi connectivity index (χ2n) is 6.00. The molecule has 0 radical (unpaired) electrons. The monoisotopic (exact) mass is 307 g/mol. The standard InChI is InChI=1S/C20H15F2N/c1-12-10-18(23-11-13(12)2)16-8-5-7-15-14-6-3-4-9-17(14)20(21,22)19(15)16/h3-11H,1-2H3. The molecular formula is C20H15F2N. The number of aryl methyl sites for hydroxylation is 2. The fourth-order valence-electron chi connectivity index (χ4n) is 3.23. The molecule has 0 N–H and O–H groups in total. The minimum atomic E-state index is -3.00. The fraction of sp³-hybridized carbons (Fsp3) is 0.150. The number of alkyl halides is 2. The summed E-state index contributed by atoms with van der Waals surface area (Å²) in [5.41, 5.74) is 4.55. The van der Waals surface area contributed by atoms with E-state index in [2.05, 4.69) is 4.98 Å². The van der Waals surface area contributed by atoms with E-state index in [4.69, 9.17) is 0 Å². The van der Waals surface area contributed by atoms with Crippen molar-refractivity contribution in [1.82, 2.24) is 4.98 Å². The fourth-order valence-corrected chi connectivity index (χ4v) is 3.23. The van der Waals surface area contributed by atoms with E-state index in [0.29, 0.717) is 22.4 Å². The highest BCUT2D eigenvalue weighted by molar-refractivity contribution is 5.86. The van der Waals surface area contributed by atoms with Crippen LogP contribution in [-0.2, 0) is 5.92 Å². The lowest BCUT2D eigenvalue weighted by Crippen LogP contribution is -2.12. The third-order valence-electron chi connectivity index (χ3n) is 4.58. The number of halogens is 2. The molecule has 114 valence electrons. The van der Waals surface area contributed by atoms with E-state index in [1.165, 1.54) is 6.07 Å². The molecule has 3 heteroatoms. The SMILES string of the molecule is Cc1cnc(-c2cccc3c2C(F)(F)c2ccccc2-3)cc1C. The van der Waals surface area contributed by atoms with Crippen LogP contribution in [0.1, 0.15) is 22.3 Å². The number of pyridine rings is 1. The summed E-state index contributed by atoms with van der Waals surface area (Å²) in [5.74, 6) is -3.00. The Hall–Kier alpha value is -2.55. The first-order valence-corrected chi connectivity index (χ1v) is 7.55. The normalized spacial score (nSPS) is 14.4. The molecule has 1 heterocycles. The Labute approximate surface area is 133 Å². The quantitative estimate of drug-likeness (QED) is 0.579. The second kappa shape index (κ2) is 4.72. The summed E-state index contributed by atoms with van der Waals surface area (Å²) in [4.78, 5) is 4.38. The van der Waals surface area contributed by atoms with Crippen LogP contribution in [0.25, 0.3) is 22.4 Å². The Morgan fingerprint density at radius 1 is 0.826 bits per heavy atom. The third-order valence-corrected chi connectivity index (χ3v) is 4.58. The summed E-state index contributed by atoms with van der Waals surface area (Å²) in [6, 6.07) is 13.9. The van der Waals surface area contributed by atoms with Crippen molar-refractivity contribution < 1.29 is 8.78 Å².